The van der Waals surface area contributed by atoms with Crippen LogP contribution in [0.25, 0.3) is 22.3 Å². The molecule has 33 heteroatoms. The summed E-state index contributed by atoms with van der Waals surface area (Å²) in [4.78, 5) is 148. The number of carbonyl (C=O) groups excluding carboxylic acids is 10. The van der Waals surface area contributed by atoms with Crippen molar-refractivity contribution in [3.05, 3.63) is 97.6 Å². The van der Waals surface area contributed by atoms with Crippen LogP contribution in [0.4, 0.5) is 4.39 Å². The molecule has 9 amide bonds. The molecule has 5 heterocycles. The number of benzene rings is 2. The molecule has 1 unspecified atom stereocenters. The third kappa shape index (κ3) is 24.4. The van der Waals surface area contributed by atoms with E-state index in [1.807, 2.05) is 0 Å². The molecule has 2 fully saturated rings. The number of fused-ring (bicyclic) bond motifs is 5. The number of aryl methyl sites for hydroxylation is 1. The molecule has 2 aromatic heterocycles. The number of ether oxygens (including phenoxy) is 10. The monoisotopic (exact) mass is 1530 g/mol. The lowest BCUT2D eigenvalue weighted by Gasteiger charge is -2.32. The van der Waals surface area contributed by atoms with Crippen molar-refractivity contribution < 1.29 is 105 Å². The molecule has 1 saturated heterocycles. The summed E-state index contributed by atoms with van der Waals surface area (Å²) < 4.78 is 72.1. The van der Waals surface area contributed by atoms with Crippen LogP contribution in [0.15, 0.2) is 47.3 Å². The van der Waals surface area contributed by atoms with Gasteiger partial charge in [0, 0.05) is 66.8 Å². The van der Waals surface area contributed by atoms with Crippen LogP contribution in [0, 0.1) is 24.6 Å². The Morgan fingerprint density at radius 2 is 1.28 bits per heavy atom. The molecule has 3 aliphatic heterocycles. The molecule has 4 aromatic rings. The largest absolute Gasteiger partial charge is 0.458 e. The number of halogens is 1. The van der Waals surface area contributed by atoms with Crippen molar-refractivity contribution in [1.29, 1.82) is 0 Å². The van der Waals surface area contributed by atoms with E-state index < -0.39 is 84.2 Å². The van der Waals surface area contributed by atoms with Crippen molar-refractivity contribution in [2.45, 2.75) is 141 Å². The highest BCUT2D eigenvalue weighted by molar-refractivity contribution is 6.03. The van der Waals surface area contributed by atoms with Gasteiger partial charge in [-0.1, -0.05) is 50.6 Å². The molecular weight excluding hydrogens is 1420 g/mol. The summed E-state index contributed by atoms with van der Waals surface area (Å²) in [7, 11) is 0. The second kappa shape index (κ2) is 43.0. The number of rotatable bonds is 48. The van der Waals surface area contributed by atoms with Gasteiger partial charge in [0.05, 0.1) is 160 Å². The fourth-order valence-electron chi connectivity index (χ4n) is 13.7. The Kier molecular flexibility index (Phi) is 33.2. The second-order valence-electron chi connectivity index (χ2n) is 27.4. The first kappa shape index (κ1) is 84.3. The SMILES string of the molecule is CC[C@@]1(O)C(=O)OCc2c1cc1n(c2=O)Cc2c-1nc1cc(F)c(C)c3c1c2[C@@H](NC(=O)C1CCC(OCNC(=O)CNC(=O)[C@H](Cc2ccccc2)NC(=O)CNC(=O)CNC(=O)COCCOCCOCCOCCOCCOCCOCCOCCNC(=O)CCCCCN2C(=O)CC(C)C2=O)CC1)CC3. The lowest BCUT2D eigenvalue weighted by atomic mass is 9.81. The summed E-state index contributed by atoms with van der Waals surface area (Å²) in [5.41, 5.74) is 2.46. The molecule has 9 rings (SSSR count). The quantitative estimate of drug-likeness (QED) is 0.0119. The van der Waals surface area contributed by atoms with Gasteiger partial charge in [-0.2, -0.15) is 0 Å². The van der Waals surface area contributed by atoms with Gasteiger partial charge in [0.15, 0.2) is 5.60 Å². The zero-order valence-electron chi connectivity index (χ0n) is 62.3. The van der Waals surface area contributed by atoms with Crippen LogP contribution in [-0.2, 0) is 127 Å². The first-order chi connectivity index (χ1) is 52.7. The van der Waals surface area contributed by atoms with E-state index in [9.17, 15) is 57.8 Å². The maximum Gasteiger partial charge on any atom is 0.343 e. The maximum absolute atomic E-state index is 15.5. The first-order valence-corrected chi connectivity index (χ1v) is 37.6. The summed E-state index contributed by atoms with van der Waals surface area (Å²) >= 11 is 0. The normalized spacial score (nSPS) is 18.7. The van der Waals surface area contributed by atoms with Crippen LogP contribution in [0.2, 0.25) is 0 Å². The number of likely N-dealkylation sites (tertiary alicyclic amines) is 1. The van der Waals surface area contributed by atoms with Gasteiger partial charge in [0.25, 0.3) is 5.56 Å². The summed E-state index contributed by atoms with van der Waals surface area (Å²) in [6.45, 7) is 8.94. The number of carbonyl (C=O) groups is 10. The number of hydrogen-bond acceptors (Lipinski definition) is 23. The molecule has 5 aliphatic rings. The van der Waals surface area contributed by atoms with E-state index in [0.29, 0.717) is 184 Å². The van der Waals surface area contributed by atoms with Crippen LogP contribution >= 0.6 is 0 Å². The number of nitrogens with one attached hydrogen (secondary N) is 7. The molecule has 0 radical (unpaired) electrons. The number of aromatic nitrogens is 2. The van der Waals surface area contributed by atoms with Gasteiger partial charge in [-0.25, -0.2) is 14.2 Å². The van der Waals surface area contributed by atoms with Crippen molar-refractivity contribution in [2.75, 3.05) is 145 Å². The van der Waals surface area contributed by atoms with Crippen molar-refractivity contribution in [1.82, 2.24) is 51.7 Å². The fourth-order valence-corrected chi connectivity index (χ4v) is 13.7. The van der Waals surface area contributed by atoms with E-state index in [1.54, 1.807) is 57.2 Å². The van der Waals surface area contributed by atoms with Crippen LogP contribution < -0.4 is 42.8 Å². The van der Waals surface area contributed by atoms with E-state index in [2.05, 4.69) is 37.2 Å². The standard InChI is InChI=1S/C76H103FN10O22/c1-4-76(99)56-39-61-70-54(44-87(61)74(97)55(56)45-108-75(76)98)69-58(19-18-53-49(3)57(77)40-59(84-70)68(53)69)85-71(94)51-14-16-52(17-15-51)109-47-82-64(90)42-81-72(95)60(38-50-11-7-5-8-12-50)83-65(91)43-79-63(89)41-80-66(92)46-107-36-35-106-34-33-105-32-31-104-30-29-103-28-27-102-26-25-101-24-23-100-22-20-78-62(88)13-9-6-10-21-86-67(93)37-48(2)73(86)96/h5,7-8,11-12,39-40,48,51-52,58,60,99H,4,6,9-10,13-38,41-47H2,1-3H3,(H,78,88)(H,79,89)(H,80,92)(H,81,95)(H,82,90)(H,83,91)(H,85,94)/t48?,51?,52?,58-,60-,76-/m0/s1. The van der Waals surface area contributed by atoms with Gasteiger partial charge in [0.1, 0.15) is 31.8 Å². The number of unbranched alkanes of at least 4 members (excludes halogenated alkanes) is 2. The van der Waals surface area contributed by atoms with E-state index in [1.165, 1.54) is 15.5 Å². The van der Waals surface area contributed by atoms with E-state index in [-0.39, 0.29) is 118 Å². The average Bonchev–Trinajstić information content (AvgIpc) is 1.59. The summed E-state index contributed by atoms with van der Waals surface area (Å²) in [5.74, 6) is -5.50. The molecule has 109 heavy (non-hydrogen) atoms. The van der Waals surface area contributed by atoms with E-state index in [0.717, 1.165) is 22.9 Å². The zero-order valence-corrected chi connectivity index (χ0v) is 62.3. The van der Waals surface area contributed by atoms with Gasteiger partial charge in [-0.05, 0) is 93.0 Å². The van der Waals surface area contributed by atoms with Crippen molar-refractivity contribution in [2.24, 2.45) is 11.8 Å². The minimum Gasteiger partial charge on any atom is -0.458 e. The van der Waals surface area contributed by atoms with Crippen LogP contribution in [0.5, 0.6) is 0 Å². The Hall–Kier alpha value is -8.77. The Labute approximate surface area is 631 Å². The van der Waals surface area contributed by atoms with Crippen LogP contribution in [-0.4, -0.2) is 236 Å². The Balaban J connectivity index is 0.553. The number of cyclic esters (lactones) is 1. The molecule has 8 N–H and O–H groups in total. The Morgan fingerprint density at radius 1 is 0.679 bits per heavy atom. The number of esters is 1. The van der Waals surface area contributed by atoms with E-state index >= 15 is 4.39 Å². The van der Waals surface area contributed by atoms with Gasteiger partial charge in [-0.3, -0.25) is 52.8 Å². The highest BCUT2D eigenvalue weighted by Crippen LogP contribution is 2.46. The van der Waals surface area contributed by atoms with Crippen molar-refractivity contribution in [3.63, 3.8) is 0 Å². The zero-order chi connectivity index (χ0) is 77.7. The fraction of sp³-hybridized carbons (Fsp3) is 0.605. The molecule has 1 saturated carbocycles. The van der Waals surface area contributed by atoms with Crippen molar-refractivity contribution in [3.8, 4) is 11.4 Å². The maximum atomic E-state index is 15.5. The van der Waals surface area contributed by atoms with E-state index in [4.69, 9.17) is 52.4 Å². The average molecular weight is 1530 g/mol. The number of nitrogens with zero attached hydrogens (tertiary/aromatic N) is 3. The number of hydrogen-bond donors (Lipinski definition) is 8. The molecule has 0 bridgehead atoms. The van der Waals surface area contributed by atoms with Gasteiger partial charge in [-0.15, -0.1) is 0 Å². The van der Waals surface area contributed by atoms with Crippen LogP contribution in [0.3, 0.4) is 0 Å². The lowest BCUT2D eigenvalue weighted by molar-refractivity contribution is -0.172. The van der Waals surface area contributed by atoms with Crippen molar-refractivity contribution >= 4 is 70.0 Å². The van der Waals surface area contributed by atoms with Gasteiger partial charge in [0.2, 0.25) is 53.2 Å². The molecule has 32 nitrogen and oxygen atoms in total. The first-order valence-electron chi connectivity index (χ1n) is 37.6. The lowest BCUT2D eigenvalue weighted by Crippen LogP contribution is -2.52. The summed E-state index contributed by atoms with van der Waals surface area (Å²) in [6.07, 6.45) is 5.48. The van der Waals surface area contributed by atoms with Gasteiger partial charge < -0.3 is 94.3 Å². The molecular formula is C76H103FN10O22. The molecule has 4 atom stereocenters. The minimum absolute atomic E-state index is 0.0299. The predicted octanol–water partition coefficient (Wildman–Crippen LogP) is 1.56. The number of imide groups is 1. The number of amides is 9. The second-order valence-corrected chi connectivity index (χ2v) is 27.4. The number of aliphatic hydroxyl groups is 1. The molecule has 596 valence electrons. The third-order valence-corrected chi connectivity index (χ3v) is 19.7. The smallest absolute Gasteiger partial charge is 0.343 e. The topological polar surface area (TPSA) is 406 Å². The van der Waals surface area contributed by atoms with Gasteiger partial charge >= 0.3 is 5.97 Å². The summed E-state index contributed by atoms with van der Waals surface area (Å²) in [5, 5.41) is 30.9. The highest BCUT2D eigenvalue weighted by atomic mass is 19.1. The van der Waals surface area contributed by atoms with Crippen LogP contribution in [0.1, 0.15) is 129 Å². The predicted molar refractivity (Wildman–Crippen MR) is 388 cm³/mol. The Morgan fingerprint density at radius 3 is 1.92 bits per heavy atom. The minimum atomic E-state index is -2.03. The molecule has 2 aliphatic carbocycles. The highest BCUT2D eigenvalue weighted by Gasteiger charge is 2.46. The molecule has 0 spiro atoms. The number of pyridine rings is 2. The third-order valence-electron chi connectivity index (χ3n) is 19.7. The summed E-state index contributed by atoms with van der Waals surface area (Å²) in [6, 6.07) is 10.2. The Bertz CT molecular complexity index is 3880. The molecule has 2 aromatic carbocycles.